The van der Waals surface area contributed by atoms with Gasteiger partial charge in [-0.05, 0) is 37.7 Å². The SMILES string of the molecule is CCNCCCS(=O)(=O)Nc1cc(Cl)ccc1OC. The van der Waals surface area contributed by atoms with Crippen molar-refractivity contribution in [1.82, 2.24) is 5.32 Å². The first kappa shape index (κ1) is 16.1. The number of hydrogen-bond donors (Lipinski definition) is 2. The molecule has 0 unspecified atom stereocenters. The van der Waals surface area contributed by atoms with Crippen LogP contribution in [0.4, 0.5) is 5.69 Å². The maximum Gasteiger partial charge on any atom is 0.232 e. The molecule has 0 aliphatic rings. The molecule has 0 saturated carbocycles. The maximum absolute atomic E-state index is 11.9. The van der Waals surface area contributed by atoms with Gasteiger partial charge in [-0.15, -0.1) is 0 Å². The summed E-state index contributed by atoms with van der Waals surface area (Å²) >= 11 is 5.85. The van der Waals surface area contributed by atoms with Crippen LogP contribution < -0.4 is 14.8 Å². The number of hydrogen-bond acceptors (Lipinski definition) is 4. The average molecular weight is 307 g/mol. The van der Waals surface area contributed by atoms with E-state index in [0.717, 1.165) is 6.54 Å². The van der Waals surface area contributed by atoms with E-state index in [1.807, 2.05) is 6.92 Å². The van der Waals surface area contributed by atoms with E-state index in [1.165, 1.54) is 13.2 Å². The quantitative estimate of drug-likeness (QED) is 0.722. The Hall–Kier alpha value is -0.980. The topological polar surface area (TPSA) is 67.4 Å². The summed E-state index contributed by atoms with van der Waals surface area (Å²) in [5, 5.41) is 3.53. The average Bonchev–Trinajstić information content (AvgIpc) is 2.34. The van der Waals surface area contributed by atoms with Gasteiger partial charge in [-0.2, -0.15) is 0 Å². The number of rotatable bonds is 8. The van der Waals surface area contributed by atoms with E-state index in [0.29, 0.717) is 29.4 Å². The zero-order valence-corrected chi connectivity index (χ0v) is 12.6. The Morgan fingerprint density at radius 3 is 2.74 bits per heavy atom. The van der Waals surface area contributed by atoms with Crippen molar-refractivity contribution in [1.29, 1.82) is 0 Å². The van der Waals surface area contributed by atoms with Crippen LogP contribution in [0.5, 0.6) is 5.75 Å². The van der Waals surface area contributed by atoms with E-state index in [1.54, 1.807) is 12.1 Å². The molecule has 1 aromatic carbocycles. The summed E-state index contributed by atoms with van der Waals surface area (Å²) < 4.78 is 31.4. The highest BCUT2D eigenvalue weighted by molar-refractivity contribution is 7.92. The molecule has 0 atom stereocenters. The minimum absolute atomic E-state index is 0.0513. The highest BCUT2D eigenvalue weighted by Crippen LogP contribution is 2.28. The molecular formula is C12H19ClN2O3S. The van der Waals surface area contributed by atoms with Crippen molar-refractivity contribution in [3.63, 3.8) is 0 Å². The molecule has 0 fully saturated rings. The van der Waals surface area contributed by atoms with E-state index in [4.69, 9.17) is 16.3 Å². The Labute approximate surface area is 119 Å². The lowest BCUT2D eigenvalue weighted by molar-refractivity contribution is 0.417. The van der Waals surface area contributed by atoms with Crippen molar-refractivity contribution in [2.24, 2.45) is 0 Å². The van der Waals surface area contributed by atoms with Crippen LogP contribution >= 0.6 is 11.6 Å². The van der Waals surface area contributed by atoms with Crippen LogP contribution in [0.3, 0.4) is 0 Å². The predicted molar refractivity (Wildman–Crippen MR) is 78.6 cm³/mol. The van der Waals surface area contributed by atoms with Gasteiger partial charge in [0.25, 0.3) is 0 Å². The summed E-state index contributed by atoms with van der Waals surface area (Å²) in [4.78, 5) is 0. The summed E-state index contributed by atoms with van der Waals surface area (Å²) in [6.07, 6.45) is 0.548. The molecule has 0 heterocycles. The Kier molecular flexibility index (Phi) is 6.41. The van der Waals surface area contributed by atoms with Gasteiger partial charge in [0.2, 0.25) is 10.0 Å². The minimum Gasteiger partial charge on any atom is -0.495 e. The molecule has 19 heavy (non-hydrogen) atoms. The zero-order chi connectivity index (χ0) is 14.3. The second-order valence-electron chi connectivity index (χ2n) is 3.97. The number of ether oxygens (including phenoxy) is 1. The van der Waals surface area contributed by atoms with Crippen LogP contribution in [0, 0.1) is 0 Å². The number of sulfonamides is 1. The van der Waals surface area contributed by atoms with E-state index < -0.39 is 10.0 Å². The molecular weight excluding hydrogens is 288 g/mol. The molecule has 1 rings (SSSR count). The smallest absolute Gasteiger partial charge is 0.232 e. The van der Waals surface area contributed by atoms with E-state index >= 15 is 0 Å². The van der Waals surface area contributed by atoms with Gasteiger partial charge in [0.15, 0.2) is 0 Å². The standard InChI is InChI=1S/C12H19ClN2O3S/c1-3-14-7-4-8-19(16,17)15-11-9-10(13)5-6-12(11)18-2/h5-6,9,14-15H,3-4,7-8H2,1-2H3. The lowest BCUT2D eigenvalue weighted by Gasteiger charge is -2.12. The summed E-state index contributed by atoms with van der Waals surface area (Å²) in [7, 11) is -1.91. The largest absolute Gasteiger partial charge is 0.495 e. The fraction of sp³-hybridized carbons (Fsp3) is 0.500. The molecule has 108 valence electrons. The van der Waals surface area contributed by atoms with Crippen molar-refractivity contribution in [2.75, 3.05) is 30.7 Å². The van der Waals surface area contributed by atoms with Crippen molar-refractivity contribution < 1.29 is 13.2 Å². The third-order valence-electron chi connectivity index (χ3n) is 2.44. The van der Waals surface area contributed by atoms with Crippen LogP contribution in [0.2, 0.25) is 5.02 Å². The van der Waals surface area contributed by atoms with Gasteiger partial charge < -0.3 is 10.1 Å². The molecule has 0 radical (unpaired) electrons. The highest BCUT2D eigenvalue weighted by Gasteiger charge is 2.13. The molecule has 5 nitrogen and oxygen atoms in total. The highest BCUT2D eigenvalue weighted by atomic mass is 35.5. The van der Waals surface area contributed by atoms with Gasteiger partial charge in [-0.3, -0.25) is 4.72 Å². The lowest BCUT2D eigenvalue weighted by Crippen LogP contribution is -2.22. The third kappa shape index (κ3) is 5.67. The fourth-order valence-corrected chi connectivity index (χ4v) is 2.84. The number of benzene rings is 1. The van der Waals surface area contributed by atoms with Gasteiger partial charge in [-0.1, -0.05) is 18.5 Å². The van der Waals surface area contributed by atoms with Gasteiger partial charge in [0, 0.05) is 5.02 Å². The Morgan fingerprint density at radius 1 is 1.37 bits per heavy atom. The first-order chi connectivity index (χ1) is 8.98. The van der Waals surface area contributed by atoms with E-state index in [9.17, 15) is 8.42 Å². The Balaban J connectivity index is 2.69. The summed E-state index contributed by atoms with van der Waals surface area (Å²) in [5.41, 5.74) is 0.360. The molecule has 0 aliphatic heterocycles. The number of halogens is 1. The van der Waals surface area contributed by atoms with Crippen LogP contribution in [-0.4, -0.2) is 34.4 Å². The van der Waals surface area contributed by atoms with Crippen LogP contribution in [0.1, 0.15) is 13.3 Å². The van der Waals surface area contributed by atoms with Gasteiger partial charge in [0.05, 0.1) is 18.6 Å². The van der Waals surface area contributed by atoms with Crippen molar-refractivity contribution in [3.8, 4) is 5.75 Å². The van der Waals surface area contributed by atoms with E-state index in [2.05, 4.69) is 10.0 Å². The van der Waals surface area contributed by atoms with Crippen LogP contribution in [0.15, 0.2) is 18.2 Å². The summed E-state index contributed by atoms with van der Waals surface area (Å²) in [6, 6.07) is 4.80. The lowest BCUT2D eigenvalue weighted by atomic mass is 10.3. The molecule has 2 N–H and O–H groups in total. The molecule has 0 aliphatic carbocycles. The Morgan fingerprint density at radius 2 is 2.11 bits per heavy atom. The van der Waals surface area contributed by atoms with Crippen molar-refractivity contribution in [2.45, 2.75) is 13.3 Å². The van der Waals surface area contributed by atoms with Crippen LogP contribution in [0.25, 0.3) is 0 Å². The van der Waals surface area contributed by atoms with Crippen LogP contribution in [-0.2, 0) is 10.0 Å². The molecule has 0 spiro atoms. The molecule has 7 heteroatoms. The zero-order valence-electron chi connectivity index (χ0n) is 11.1. The first-order valence-corrected chi connectivity index (χ1v) is 8.06. The third-order valence-corrected chi connectivity index (χ3v) is 4.04. The normalized spacial score (nSPS) is 11.3. The molecule has 0 saturated heterocycles. The molecule has 0 amide bonds. The molecule has 0 bridgehead atoms. The fourth-order valence-electron chi connectivity index (χ4n) is 1.54. The second-order valence-corrected chi connectivity index (χ2v) is 6.25. The van der Waals surface area contributed by atoms with Crippen molar-refractivity contribution in [3.05, 3.63) is 23.2 Å². The van der Waals surface area contributed by atoms with Gasteiger partial charge in [-0.25, -0.2) is 8.42 Å². The minimum atomic E-state index is -3.39. The maximum atomic E-state index is 11.9. The Bertz CT molecular complexity index is 506. The molecule has 0 aromatic heterocycles. The van der Waals surface area contributed by atoms with E-state index in [-0.39, 0.29) is 5.75 Å². The monoisotopic (exact) mass is 306 g/mol. The number of methoxy groups -OCH3 is 1. The first-order valence-electron chi connectivity index (χ1n) is 6.03. The van der Waals surface area contributed by atoms with Crippen molar-refractivity contribution >= 4 is 27.3 Å². The molecule has 1 aromatic rings. The predicted octanol–water partition coefficient (Wildman–Crippen LogP) is 2.09. The van der Waals surface area contributed by atoms with Gasteiger partial charge in [0.1, 0.15) is 5.75 Å². The number of anilines is 1. The summed E-state index contributed by atoms with van der Waals surface area (Å²) in [5.74, 6) is 0.495. The van der Waals surface area contributed by atoms with Gasteiger partial charge >= 0.3 is 0 Å². The second kappa shape index (κ2) is 7.57. The number of nitrogens with one attached hydrogen (secondary N) is 2. The summed E-state index contributed by atoms with van der Waals surface area (Å²) in [6.45, 7) is 3.48.